The fourth-order valence-corrected chi connectivity index (χ4v) is 4.73. The lowest BCUT2D eigenvalue weighted by Gasteiger charge is -2.34. The molecule has 1 atom stereocenters. The molecule has 4 N–H and O–H groups in total. The van der Waals surface area contributed by atoms with Crippen molar-refractivity contribution < 1.29 is 33.3 Å². The number of likely N-dealkylation sites (tertiary alicyclic amines) is 1. The van der Waals surface area contributed by atoms with E-state index in [0.29, 0.717) is 23.6 Å². The van der Waals surface area contributed by atoms with E-state index in [9.17, 15) is 28.6 Å². The van der Waals surface area contributed by atoms with Crippen LogP contribution in [0, 0.1) is 18.6 Å². The Morgan fingerprint density at radius 2 is 2.00 bits per heavy atom. The van der Waals surface area contributed by atoms with Gasteiger partial charge in [0.1, 0.15) is 23.2 Å². The van der Waals surface area contributed by atoms with Crippen LogP contribution in [-0.4, -0.2) is 63.8 Å². The lowest BCUT2D eigenvalue weighted by Crippen LogP contribution is -2.42. The number of nitrogens with one attached hydrogen (secondary N) is 2. The number of unbranched alkanes of at least 4 members (excludes halogenated alkanes) is 1. The number of benzene rings is 1. The zero-order valence-electron chi connectivity index (χ0n) is 19.5. The predicted molar refractivity (Wildman–Crippen MR) is 127 cm³/mol. The summed E-state index contributed by atoms with van der Waals surface area (Å²) in [6.07, 6.45) is 4.82. The Labute approximate surface area is 206 Å². The van der Waals surface area contributed by atoms with Gasteiger partial charge in [-0.05, 0) is 74.9 Å². The molecule has 2 amide bonds. The molecule has 0 radical (unpaired) electrons. The number of nitrogens with zero attached hydrogens (tertiary/aromatic N) is 2. The highest BCUT2D eigenvalue weighted by molar-refractivity contribution is 7.11. The summed E-state index contributed by atoms with van der Waals surface area (Å²) in [6, 6.07) is 1.91. The van der Waals surface area contributed by atoms with Gasteiger partial charge in [0, 0.05) is 12.6 Å². The van der Waals surface area contributed by atoms with Crippen LogP contribution in [0.3, 0.4) is 0 Å². The van der Waals surface area contributed by atoms with Crippen LogP contribution in [0.5, 0.6) is 5.88 Å². The number of amides is 2. The van der Waals surface area contributed by atoms with Gasteiger partial charge in [-0.1, -0.05) is 6.42 Å². The van der Waals surface area contributed by atoms with Crippen molar-refractivity contribution in [3.63, 3.8) is 0 Å². The maximum Gasteiger partial charge on any atom is 0.344 e. The first-order valence-electron chi connectivity index (χ1n) is 11.5. The quantitative estimate of drug-likeness (QED) is 0.338. The average molecular weight is 513 g/mol. The molecule has 0 saturated carbocycles. The number of aromatic nitrogens is 1. The molecule has 9 nitrogen and oxygen atoms in total. The molecule has 12 heteroatoms. The molecule has 1 saturated heterocycles. The number of carboxylic acid groups (broad SMARTS) is 1. The molecule has 1 aromatic carbocycles. The van der Waals surface area contributed by atoms with E-state index in [1.165, 1.54) is 0 Å². The van der Waals surface area contributed by atoms with Gasteiger partial charge >= 0.3 is 12.0 Å². The number of carbonyl (C=O) groups excluding carboxylic acids is 1. The first kappa shape index (κ1) is 26.8. The average Bonchev–Trinajstić information content (AvgIpc) is 3.20. The van der Waals surface area contributed by atoms with Crippen LogP contribution in [0.25, 0.3) is 0 Å². The molecule has 1 aliphatic heterocycles. The number of ether oxygens (including phenoxy) is 1. The summed E-state index contributed by atoms with van der Waals surface area (Å²) in [7, 11) is 0. The predicted octanol–water partition coefficient (Wildman–Crippen LogP) is 3.76. The molecular weight excluding hydrogens is 482 g/mol. The summed E-state index contributed by atoms with van der Waals surface area (Å²) in [5.74, 6) is -3.34. The van der Waals surface area contributed by atoms with Crippen molar-refractivity contribution in [2.45, 2.75) is 51.7 Å². The summed E-state index contributed by atoms with van der Waals surface area (Å²) in [6.45, 7) is 3.35. The van der Waals surface area contributed by atoms with Crippen molar-refractivity contribution in [1.29, 1.82) is 0 Å². The number of halogens is 2. The zero-order valence-corrected chi connectivity index (χ0v) is 20.3. The Kier molecular flexibility index (Phi) is 9.75. The Bertz CT molecular complexity index is 1010. The highest BCUT2D eigenvalue weighted by Crippen LogP contribution is 2.31. The molecule has 1 fully saturated rings. The van der Waals surface area contributed by atoms with Gasteiger partial charge in [0.25, 0.3) is 0 Å². The Balaban J connectivity index is 1.49. The molecule has 0 spiro atoms. The minimum atomic E-state index is -1.39. The third kappa shape index (κ3) is 7.33. The van der Waals surface area contributed by atoms with Gasteiger partial charge in [-0.2, -0.15) is 4.37 Å². The number of aryl methyl sites for hydroxylation is 1. The van der Waals surface area contributed by atoms with Crippen LogP contribution in [0.15, 0.2) is 12.1 Å². The van der Waals surface area contributed by atoms with Gasteiger partial charge in [0.05, 0.1) is 12.2 Å². The summed E-state index contributed by atoms with van der Waals surface area (Å²) < 4.78 is 37.2. The van der Waals surface area contributed by atoms with Crippen molar-refractivity contribution in [3.05, 3.63) is 40.5 Å². The minimum Gasteiger partial charge on any atom is -0.477 e. The first-order chi connectivity index (χ1) is 16.8. The van der Waals surface area contributed by atoms with Gasteiger partial charge in [0.2, 0.25) is 5.88 Å². The number of piperidine rings is 1. The summed E-state index contributed by atoms with van der Waals surface area (Å²) >= 11 is 0.698. The Hall–Kier alpha value is -2.83. The molecule has 1 aromatic heterocycles. The fourth-order valence-electron chi connectivity index (χ4n) is 4.01. The largest absolute Gasteiger partial charge is 0.477 e. The molecular formula is C23H30F2N4O5S. The standard InChI is InChI=1S/C23H30F2N4O5S/c1-14-10-17(24)16(18(25)11-14)13-34-20-19(22(31)32)21(35-28-20)27-23(33)26-7-3-5-9-29-8-4-2-6-15(29)12-30/h10-11,15,30H,2-9,12-13H2,1H3,(H,31,32)(H2,26,27,33). The molecule has 1 unspecified atom stereocenters. The number of aliphatic hydroxyl groups is 1. The van der Waals surface area contributed by atoms with Gasteiger partial charge in [0.15, 0.2) is 5.56 Å². The van der Waals surface area contributed by atoms with Crippen LogP contribution in [0.4, 0.5) is 18.6 Å². The van der Waals surface area contributed by atoms with E-state index in [4.69, 9.17) is 4.74 Å². The van der Waals surface area contributed by atoms with Crippen LogP contribution < -0.4 is 15.4 Å². The summed E-state index contributed by atoms with van der Waals surface area (Å²) in [4.78, 5) is 26.2. The topological polar surface area (TPSA) is 124 Å². The van der Waals surface area contributed by atoms with Crippen molar-refractivity contribution in [2.24, 2.45) is 0 Å². The fraction of sp³-hybridized carbons (Fsp3) is 0.522. The van der Waals surface area contributed by atoms with Crippen LogP contribution in [0.2, 0.25) is 0 Å². The second-order valence-corrected chi connectivity index (χ2v) is 9.22. The Morgan fingerprint density at radius 3 is 2.69 bits per heavy atom. The van der Waals surface area contributed by atoms with E-state index in [-0.39, 0.29) is 29.1 Å². The van der Waals surface area contributed by atoms with E-state index >= 15 is 0 Å². The second-order valence-electron chi connectivity index (χ2n) is 8.45. The smallest absolute Gasteiger partial charge is 0.344 e. The van der Waals surface area contributed by atoms with Crippen LogP contribution in [0.1, 0.15) is 53.6 Å². The van der Waals surface area contributed by atoms with Gasteiger partial charge in [-0.3, -0.25) is 10.2 Å². The highest BCUT2D eigenvalue weighted by Gasteiger charge is 2.24. The third-order valence-electron chi connectivity index (χ3n) is 5.86. The molecule has 2 heterocycles. The lowest BCUT2D eigenvalue weighted by atomic mass is 10.0. The van der Waals surface area contributed by atoms with Gasteiger partial charge < -0.3 is 20.3 Å². The number of aliphatic hydroxyl groups excluding tert-OH is 1. The third-order valence-corrected chi connectivity index (χ3v) is 6.60. The second kappa shape index (κ2) is 12.8. The van der Waals surface area contributed by atoms with Crippen molar-refractivity contribution >= 4 is 28.5 Å². The number of anilines is 1. The SMILES string of the molecule is Cc1cc(F)c(COc2nsc(NC(=O)NCCCCN3CCCCC3CO)c2C(=O)O)c(F)c1. The van der Waals surface area contributed by atoms with E-state index < -0.39 is 35.8 Å². The molecule has 2 aromatic rings. The summed E-state index contributed by atoms with van der Waals surface area (Å²) in [5.41, 5.74) is -0.331. The van der Waals surface area contributed by atoms with Crippen molar-refractivity contribution in [3.8, 4) is 5.88 Å². The number of urea groups is 1. The molecule has 1 aliphatic rings. The molecule has 0 aliphatic carbocycles. The molecule has 0 bridgehead atoms. The number of hydrogen-bond donors (Lipinski definition) is 4. The minimum absolute atomic E-state index is 0.0473. The van der Waals surface area contributed by atoms with E-state index in [1.807, 2.05) is 0 Å². The summed E-state index contributed by atoms with van der Waals surface area (Å²) in [5, 5.41) is 24.1. The van der Waals surface area contributed by atoms with E-state index in [1.54, 1.807) is 6.92 Å². The van der Waals surface area contributed by atoms with E-state index in [2.05, 4.69) is 19.9 Å². The monoisotopic (exact) mass is 512 g/mol. The van der Waals surface area contributed by atoms with Gasteiger partial charge in [-0.15, -0.1) is 0 Å². The number of hydrogen-bond acceptors (Lipinski definition) is 7. The highest BCUT2D eigenvalue weighted by atomic mass is 32.1. The van der Waals surface area contributed by atoms with Crippen LogP contribution >= 0.6 is 11.5 Å². The normalized spacial score (nSPS) is 16.2. The van der Waals surface area contributed by atoms with Crippen molar-refractivity contribution in [1.82, 2.24) is 14.6 Å². The van der Waals surface area contributed by atoms with Crippen LogP contribution in [-0.2, 0) is 6.61 Å². The first-order valence-corrected chi connectivity index (χ1v) is 12.3. The lowest BCUT2D eigenvalue weighted by molar-refractivity contribution is 0.0693. The number of aromatic carboxylic acids is 1. The number of carbonyl (C=O) groups is 2. The maximum atomic E-state index is 14.0. The van der Waals surface area contributed by atoms with Gasteiger partial charge in [-0.25, -0.2) is 18.4 Å². The maximum absolute atomic E-state index is 14.0. The molecule has 192 valence electrons. The molecule has 35 heavy (non-hydrogen) atoms. The Morgan fingerprint density at radius 1 is 1.26 bits per heavy atom. The van der Waals surface area contributed by atoms with E-state index in [0.717, 1.165) is 57.3 Å². The number of rotatable bonds is 11. The zero-order chi connectivity index (χ0) is 25.4. The molecule has 3 rings (SSSR count). The van der Waals surface area contributed by atoms with Crippen molar-refractivity contribution in [2.75, 3.05) is 31.6 Å². The number of carboxylic acids is 1.